The van der Waals surface area contributed by atoms with Crippen molar-refractivity contribution in [2.75, 3.05) is 13.1 Å². The highest BCUT2D eigenvalue weighted by Crippen LogP contribution is 2.21. The van der Waals surface area contributed by atoms with E-state index in [-0.39, 0.29) is 12.0 Å². The minimum Gasteiger partial charge on any atom is -0.474 e. The topological polar surface area (TPSA) is 86.0 Å². The number of carbonyl (C=O) groups is 1. The number of aromatic nitrogens is 5. The van der Waals surface area contributed by atoms with E-state index in [1.54, 1.807) is 12.3 Å². The van der Waals surface area contributed by atoms with Crippen molar-refractivity contribution in [3.8, 4) is 11.6 Å². The molecule has 0 aliphatic carbocycles. The van der Waals surface area contributed by atoms with E-state index >= 15 is 0 Å². The number of rotatable bonds is 4. The van der Waals surface area contributed by atoms with Crippen molar-refractivity contribution < 1.29 is 9.53 Å². The first-order valence-electron chi connectivity index (χ1n) is 8.92. The molecule has 1 saturated heterocycles. The second kappa shape index (κ2) is 7.53. The summed E-state index contributed by atoms with van der Waals surface area (Å²) in [4.78, 5) is 19.1. The number of ether oxygens (including phenoxy) is 1. The number of nitrogens with zero attached hydrogens (tertiary/aromatic N) is 6. The van der Waals surface area contributed by atoms with Crippen molar-refractivity contribution >= 4 is 5.91 Å². The van der Waals surface area contributed by atoms with E-state index in [1.807, 2.05) is 42.2 Å². The zero-order valence-corrected chi connectivity index (χ0v) is 15.0. The summed E-state index contributed by atoms with van der Waals surface area (Å²) >= 11 is 0. The molecule has 0 spiro atoms. The SMILES string of the molecule is Cc1ccnc(OC2CCN(C(=O)c3ccccc3-n3cnnn3)CC2)c1. The van der Waals surface area contributed by atoms with Gasteiger partial charge in [0.1, 0.15) is 12.4 Å². The molecule has 0 unspecified atom stereocenters. The third kappa shape index (κ3) is 3.79. The summed E-state index contributed by atoms with van der Waals surface area (Å²) in [5, 5.41) is 11.2. The molecule has 0 atom stereocenters. The number of piperidine rings is 1. The molecule has 0 bridgehead atoms. The Morgan fingerprint density at radius 1 is 1.19 bits per heavy atom. The van der Waals surface area contributed by atoms with E-state index < -0.39 is 0 Å². The maximum atomic E-state index is 13.0. The molecule has 1 aliphatic rings. The first-order chi connectivity index (χ1) is 13.2. The van der Waals surface area contributed by atoms with Crippen molar-refractivity contribution in [2.24, 2.45) is 0 Å². The Hall–Kier alpha value is -3.29. The molecule has 0 radical (unpaired) electrons. The quantitative estimate of drug-likeness (QED) is 0.704. The molecule has 1 aromatic carbocycles. The Balaban J connectivity index is 1.42. The average Bonchev–Trinajstić information content (AvgIpc) is 3.23. The van der Waals surface area contributed by atoms with Crippen LogP contribution in [0.2, 0.25) is 0 Å². The minimum atomic E-state index is -0.0202. The number of tetrazole rings is 1. The van der Waals surface area contributed by atoms with Gasteiger partial charge in [-0.05, 0) is 41.1 Å². The van der Waals surface area contributed by atoms with Gasteiger partial charge in [0.2, 0.25) is 5.88 Å². The van der Waals surface area contributed by atoms with E-state index in [2.05, 4.69) is 20.5 Å². The number of hydrogen-bond acceptors (Lipinski definition) is 6. The second-order valence-electron chi connectivity index (χ2n) is 6.55. The molecule has 3 aromatic rings. The fourth-order valence-electron chi connectivity index (χ4n) is 3.22. The van der Waals surface area contributed by atoms with Crippen molar-refractivity contribution in [3.05, 3.63) is 60.0 Å². The summed E-state index contributed by atoms with van der Waals surface area (Å²) in [5.74, 6) is 0.622. The third-order valence-electron chi connectivity index (χ3n) is 4.64. The first kappa shape index (κ1) is 17.1. The Kier molecular flexibility index (Phi) is 4.78. The minimum absolute atomic E-state index is 0.0202. The lowest BCUT2D eigenvalue weighted by molar-refractivity contribution is 0.0587. The highest BCUT2D eigenvalue weighted by atomic mass is 16.5. The molecular formula is C19H20N6O2. The maximum absolute atomic E-state index is 13.0. The van der Waals surface area contributed by atoms with Gasteiger partial charge in [0.05, 0.1) is 11.3 Å². The predicted molar refractivity (Wildman–Crippen MR) is 97.7 cm³/mol. The van der Waals surface area contributed by atoms with Gasteiger partial charge < -0.3 is 9.64 Å². The van der Waals surface area contributed by atoms with Crippen molar-refractivity contribution in [1.29, 1.82) is 0 Å². The van der Waals surface area contributed by atoms with Gasteiger partial charge in [-0.1, -0.05) is 12.1 Å². The first-order valence-corrected chi connectivity index (χ1v) is 8.92. The highest BCUT2D eigenvalue weighted by Gasteiger charge is 2.26. The number of para-hydroxylation sites is 1. The van der Waals surface area contributed by atoms with Crippen LogP contribution in [-0.2, 0) is 0 Å². The lowest BCUT2D eigenvalue weighted by atomic mass is 10.1. The molecule has 0 saturated carbocycles. The van der Waals surface area contributed by atoms with E-state index in [4.69, 9.17) is 4.74 Å². The Morgan fingerprint density at radius 3 is 2.74 bits per heavy atom. The predicted octanol–water partition coefficient (Wildman–Crippen LogP) is 2.05. The molecular weight excluding hydrogens is 344 g/mol. The van der Waals surface area contributed by atoms with Gasteiger partial charge in [0.15, 0.2) is 0 Å². The Bertz CT molecular complexity index is 919. The van der Waals surface area contributed by atoms with Gasteiger partial charge in [-0.25, -0.2) is 4.98 Å². The lowest BCUT2D eigenvalue weighted by Crippen LogP contribution is -2.42. The van der Waals surface area contributed by atoms with Crippen molar-refractivity contribution in [3.63, 3.8) is 0 Å². The fourth-order valence-corrected chi connectivity index (χ4v) is 3.22. The summed E-state index contributed by atoms with van der Waals surface area (Å²) in [6, 6.07) is 11.2. The number of benzene rings is 1. The van der Waals surface area contributed by atoms with Crippen LogP contribution in [0.1, 0.15) is 28.8 Å². The standard InChI is InChI=1S/C19H20N6O2/c1-14-6-9-20-18(12-14)27-15-7-10-24(11-8-15)19(26)16-4-2-3-5-17(16)25-13-21-22-23-25/h2-6,9,12-13,15H,7-8,10-11H2,1H3. The van der Waals surface area contributed by atoms with Crippen molar-refractivity contribution in [1.82, 2.24) is 30.1 Å². The molecule has 1 aliphatic heterocycles. The van der Waals surface area contributed by atoms with Crippen LogP contribution >= 0.6 is 0 Å². The zero-order valence-electron chi connectivity index (χ0n) is 15.0. The van der Waals surface area contributed by atoms with Crippen LogP contribution < -0.4 is 4.74 Å². The van der Waals surface area contributed by atoms with E-state index in [1.165, 1.54) is 11.0 Å². The number of aryl methyl sites for hydroxylation is 1. The lowest BCUT2D eigenvalue weighted by Gasteiger charge is -2.32. The molecule has 1 fully saturated rings. The fraction of sp³-hybridized carbons (Fsp3) is 0.316. The van der Waals surface area contributed by atoms with Gasteiger partial charge in [-0.15, -0.1) is 5.10 Å². The van der Waals surface area contributed by atoms with E-state index in [9.17, 15) is 4.79 Å². The van der Waals surface area contributed by atoms with E-state index in [0.717, 1.165) is 18.4 Å². The molecule has 4 rings (SSSR count). The van der Waals surface area contributed by atoms with Crippen LogP contribution in [0.15, 0.2) is 48.9 Å². The Morgan fingerprint density at radius 2 is 2.00 bits per heavy atom. The molecule has 138 valence electrons. The summed E-state index contributed by atoms with van der Waals surface area (Å²) in [5.41, 5.74) is 2.38. The van der Waals surface area contributed by atoms with Crippen LogP contribution in [0, 0.1) is 6.92 Å². The number of likely N-dealkylation sites (tertiary alicyclic amines) is 1. The summed E-state index contributed by atoms with van der Waals surface area (Å²) in [6.45, 7) is 3.29. The third-order valence-corrected chi connectivity index (χ3v) is 4.64. The number of hydrogen-bond donors (Lipinski definition) is 0. The van der Waals surface area contributed by atoms with Gasteiger partial charge in [0.25, 0.3) is 5.91 Å². The molecule has 2 aromatic heterocycles. The smallest absolute Gasteiger partial charge is 0.256 e. The van der Waals surface area contributed by atoms with E-state index in [0.29, 0.717) is 30.2 Å². The molecule has 27 heavy (non-hydrogen) atoms. The number of pyridine rings is 1. The normalized spacial score (nSPS) is 14.9. The maximum Gasteiger partial charge on any atom is 0.256 e. The van der Waals surface area contributed by atoms with Crippen LogP contribution in [0.5, 0.6) is 5.88 Å². The largest absolute Gasteiger partial charge is 0.474 e. The Labute approximate surface area is 156 Å². The second-order valence-corrected chi connectivity index (χ2v) is 6.55. The highest BCUT2D eigenvalue weighted by molar-refractivity contribution is 5.97. The number of amides is 1. The number of carbonyl (C=O) groups excluding carboxylic acids is 1. The van der Waals surface area contributed by atoms with Gasteiger partial charge >= 0.3 is 0 Å². The molecule has 8 nitrogen and oxygen atoms in total. The van der Waals surface area contributed by atoms with Gasteiger partial charge in [-0.3, -0.25) is 4.79 Å². The summed E-state index contributed by atoms with van der Waals surface area (Å²) in [6.07, 6.45) is 4.85. The van der Waals surface area contributed by atoms with Gasteiger partial charge in [0, 0.05) is 38.2 Å². The van der Waals surface area contributed by atoms with Crippen molar-refractivity contribution in [2.45, 2.75) is 25.9 Å². The summed E-state index contributed by atoms with van der Waals surface area (Å²) < 4.78 is 7.48. The molecule has 1 amide bonds. The van der Waals surface area contributed by atoms with Crippen LogP contribution in [0.25, 0.3) is 5.69 Å². The monoisotopic (exact) mass is 364 g/mol. The van der Waals surface area contributed by atoms with Crippen LogP contribution in [0.4, 0.5) is 0 Å². The summed E-state index contributed by atoms with van der Waals surface area (Å²) in [7, 11) is 0. The zero-order chi connectivity index (χ0) is 18.6. The molecule has 8 heteroatoms. The molecule has 3 heterocycles. The van der Waals surface area contributed by atoms with Crippen LogP contribution in [-0.4, -0.2) is 55.2 Å². The van der Waals surface area contributed by atoms with Gasteiger partial charge in [-0.2, -0.15) is 4.68 Å². The van der Waals surface area contributed by atoms with Crippen LogP contribution in [0.3, 0.4) is 0 Å². The molecule has 0 N–H and O–H groups in total. The average molecular weight is 364 g/mol.